The molecule has 28 heavy (non-hydrogen) atoms. The zero-order valence-electron chi connectivity index (χ0n) is 15.9. The van der Waals surface area contributed by atoms with E-state index in [0.717, 1.165) is 11.1 Å². The van der Waals surface area contributed by atoms with Gasteiger partial charge in [0, 0.05) is 12.1 Å². The Hall–Kier alpha value is -3.19. The van der Waals surface area contributed by atoms with Crippen LogP contribution < -0.4 is 22.1 Å². The third-order valence-corrected chi connectivity index (χ3v) is 4.41. The largest absolute Gasteiger partial charge is 0.384 e. The van der Waals surface area contributed by atoms with Crippen LogP contribution in [0.15, 0.2) is 54.6 Å². The Balaban J connectivity index is 1.75. The molecular formula is C21H27N5O2. The standard InChI is InChI=1S/C21H27N5O2/c1-14(20(27)25-13-16-7-10-17(11-8-16)19(23)24)26-21(28)18(22)12-9-15-5-3-2-4-6-15/h2-8,10-11,14,18H,9,12-13,22H2,1H3,(H3,23,24)(H,25,27)(H,26,28)/t14-,18+/m0/s1. The molecule has 7 N–H and O–H groups in total. The van der Waals surface area contributed by atoms with Crippen LogP contribution in [0.25, 0.3) is 0 Å². The molecule has 7 heteroatoms. The molecule has 2 aromatic rings. The van der Waals surface area contributed by atoms with Gasteiger partial charge in [-0.1, -0.05) is 54.6 Å². The molecule has 2 rings (SSSR count). The highest BCUT2D eigenvalue weighted by atomic mass is 16.2. The highest BCUT2D eigenvalue weighted by Gasteiger charge is 2.19. The number of carbonyl (C=O) groups is 2. The van der Waals surface area contributed by atoms with E-state index in [1.165, 1.54) is 0 Å². The van der Waals surface area contributed by atoms with Crippen molar-refractivity contribution in [3.63, 3.8) is 0 Å². The van der Waals surface area contributed by atoms with Crippen LogP contribution >= 0.6 is 0 Å². The summed E-state index contributed by atoms with van der Waals surface area (Å²) in [6, 6.07) is 15.5. The molecular weight excluding hydrogens is 354 g/mol. The fourth-order valence-electron chi connectivity index (χ4n) is 2.63. The van der Waals surface area contributed by atoms with E-state index in [1.54, 1.807) is 31.2 Å². The van der Waals surface area contributed by atoms with Crippen molar-refractivity contribution in [1.82, 2.24) is 10.6 Å². The fraction of sp³-hybridized carbons (Fsp3) is 0.286. The summed E-state index contributed by atoms with van der Waals surface area (Å²) in [6.07, 6.45) is 1.21. The first-order chi connectivity index (χ1) is 13.4. The van der Waals surface area contributed by atoms with Crippen molar-refractivity contribution >= 4 is 17.6 Å². The van der Waals surface area contributed by atoms with Gasteiger partial charge in [0.2, 0.25) is 11.8 Å². The third-order valence-electron chi connectivity index (χ3n) is 4.41. The van der Waals surface area contributed by atoms with Gasteiger partial charge in [0.1, 0.15) is 11.9 Å². The first kappa shape index (κ1) is 21.1. The van der Waals surface area contributed by atoms with Crippen molar-refractivity contribution in [3.8, 4) is 0 Å². The summed E-state index contributed by atoms with van der Waals surface area (Å²) >= 11 is 0. The molecule has 0 aliphatic carbocycles. The van der Waals surface area contributed by atoms with Crippen LogP contribution in [0.5, 0.6) is 0 Å². The number of nitrogens with one attached hydrogen (secondary N) is 3. The number of hydrogen-bond donors (Lipinski definition) is 5. The lowest BCUT2D eigenvalue weighted by molar-refractivity contribution is -0.129. The predicted molar refractivity (Wildman–Crippen MR) is 110 cm³/mol. The van der Waals surface area contributed by atoms with E-state index in [2.05, 4.69) is 10.6 Å². The molecule has 0 saturated carbocycles. The Morgan fingerprint density at radius 1 is 1.00 bits per heavy atom. The Labute approximate surface area is 165 Å². The molecule has 0 heterocycles. The number of benzene rings is 2. The second-order valence-electron chi connectivity index (χ2n) is 6.69. The lowest BCUT2D eigenvalue weighted by atomic mass is 10.1. The molecule has 7 nitrogen and oxygen atoms in total. The Morgan fingerprint density at radius 3 is 2.25 bits per heavy atom. The van der Waals surface area contributed by atoms with E-state index < -0.39 is 12.1 Å². The Kier molecular flexibility index (Phi) is 7.71. The SMILES string of the molecule is C[C@H](NC(=O)[C@H](N)CCc1ccccc1)C(=O)NCc1ccc(C(=N)N)cc1. The van der Waals surface area contributed by atoms with Gasteiger partial charge in [0.15, 0.2) is 0 Å². The number of nitrogen functional groups attached to an aromatic ring is 1. The number of rotatable bonds is 9. The summed E-state index contributed by atoms with van der Waals surface area (Å²) < 4.78 is 0. The average molecular weight is 381 g/mol. The molecule has 0 spiro atoms. The summed E-state index contributed by atoms with van der Waals surface area (Å²) in [5.41, 5.74) is 14.0. The molecule has 0 radical (unpaired) electrons. The fourth-order valence-corrected chi connectivity index (χ4v) is 2.63. The first-order valence-corrected chi connectivity index (χ1v) is 9.17. The molecule has 0 aromatic heterocycles. The second kappa shape index (κ2) is 10.2. The van der Waals surface area contributed by atoms with Crippen molar-refractivity contribution in [2.24, 2.45) is 11.5 Å². The zero-order valence-corrected chi connectivity index (χ0v) is 15.9. The Bertz CT molecular complexity index is 805. The number of amides is 2. The van der Waals surface area contributed by atoms with Crippen molar-refractivity contribution in [2.75, 3.05) is 0 Å². The van der Waals surface area contributed by atoms with Gasteiger partial charge in [-0.15, -0.1) is 0 Å². The lowest BCUT2D eigenvalue weighted by Crippen LogP contribution is -2.50. The van der Waals surface area contributed by atoms with Crippen molar-refractivity contribution < 1.29 is 9.59 Å². The lowest BCUT2D eigenvalue weighted by Gasteiger charge is -2.17. The molecule has 2 atom stereocenters. The minimum Gasteiger partial charge on any atom is -0.384 e. The molecule has 0 bridgehead atoms. The molecule has 0 fully saturated rings. The van der Waals surface area contributed by atoms with Gasteiger partial charge in [-0.25, -0.2) is 0 Å². The van der Waals surface area contributed by atoms with Gasteiger partial charge >= 0.3 is 0 Å². The van der Waals surface area contributed by atoms with Gasteiger partial charge in [0.25, 0.3) is 0 Å². The second-order valence-corrected chi connectivity index (χ2v) is 6.69. The maximum atomic E-state index is 12.2. The van der Waals surface area contributed by atoms with Crippen LogP contribution in [0.1, 0.15) is 30.0 Å². The topological polar surface area (TPSA) is 134 Å². The average Bonchev–Trinajstić information content (AvgIpc) is 2.71. The minimum absolute atomic E-state index is 0.00415. The zero-order chi connectivity index (χ0) is 20.5. The smallest absolute Gasteiger partial charge is 0.242 e. The van der Waals surface area contributed by atoms with E-state index in [1.807, 2.05) is 30.3 Å². The maximum Gasteiger partial charge on any atom is 0.242 e. The highest BCUT2D eigenvalue weighted by Crippen LogP contribution is 2.05. The van der Waals surface area contributed by atoms with Crippen LogP contribution in [0, 0.1) is 5.41 Å². The molecule has 0 aliphatic heterocycles. The number of amidine groups is 1. The van der Waals surface area contributed by atoms with Crippen LogP contribution in [0.4, 0.5) is 0 Å². The third kappa shape index (κ3) is 6.51. The minimum atomic E-state index is -0.688. The summed E-state index contributed by atoms with van der Waals surface area (Å²) in [4.78, 5) is 24.4. The van der Waals surface area contributed by atoms with E-state index >= 15 is 0 Å². The summed E-state index contributed by atoms with van der Waals surface area (Å²) in [5.74, 6) is -0.640. The molecule has 0 unspecified atom stereocenters. The number of carbonyl (C=O) groups excluding carboxylic acids is 2. The van der Waals surface area contributed by atoms with E-state index in [0.29, 0.717) is 24.9 Å². The summed E-state index contributed by atoms with van der Waals surface area (Å²) in [5, 5.41) is 12.8. The van der Waals surface area contributed by atoms with Crippen LogP contribution in [-0.4, -0.2) is 29.7 Å². The molecule has 0 saturated heterocycles. The maximum absolute atomic E-state index is 12.2. The quantitative estimate of drug-likeness (QED) is 0.328. The predicted octanol–water partition coefficient (Wildman–Crippen LogP) is 1.05. The van der Waals surface area contributed by atoms with Crippen LogP contribution in [0.2, 0.25) is 0 Å². The van der Waals surface area contributed by atoms with Gasteiger partial charge in [-0.2, -0.15) is 0 Å². The van der Waals surface area contributed by atoms with E-state index in [-0.39, 0.29) is 17.6 Å². The number of aryl methyl sites for hydroxylation is 1. The Morgan fingerprint density at radius 2 is 1.64 bits per heavy atom. The monoisotopic (exact) mass is 381 g/mol. The number of nitrogens with two attached hydrogens (primary N) is 2. The number of hydrogen-bond acceptors (Lipinski definition) is 4. The molecule has 2 aromatic carbocycles. The van der Waals surface area contributed by atoms with Crippen molar-refractivity contribution in [2.45, 2.75) is 38.4 Å². The van der Waals surface area contributed by atoms with Gasteiger partial charge in [-0.3, -0.25) is 15.0 Å². The van der Waals surface area contributed by atoms with Crippen LogP contribution in [-0.2, 0) is 22.6 Å². The van der Waals surface area contributed by atoms with E-state index in [4.69, 9.17) is 16.9 Å². The summed E-state index contributed by atoms with van der Waals surface area (Å²) in [7, 11) is 0. The summed E-state index contributed by atoms with van der Waals surface area (Å²) in [6.45, 7) is 1.94. The molecule has 148 valence electrons. The van der Waals surface area contributed by atoms with Gasteiger partial charge in [0.05, 0.1) is 6.04 Å². The van der Waals surface area contributed by atoms with Crippen molar-refractivity contribution in [3.05, 3.63) is 71.3 Å². The highest BCUT2D eigenvalue weighted by molar-refractivity contribution is 5.94. The van der Waals surface area contributed by atoms with Crippen molar-refractivity contribution in [1.29, 1.82) is 5.41 Å². The molecule has 2 amide bonds. The molecule has 0 aliphatic rings. The van der Waals surface area contributed by atoms with E-state index in [9.17, 15) is 9.59 Å². The normalized spacial score (nSPS) is 12.6. The van der Waals surface area contributed by atoms with Gasteiger partial charge in [-0.05, 0) is 30.9 Å². The van der Waals surface area contributed by atoms with Crippen LogP contribution in [0.3, 0.4) is 0 Å². The first-order valence-electron chi connectivity index (χ1n) is 9.17. The van der Waals surface area contributed by atoms with Gasteiger partial charge < -0.3 is 22.1 Å².